The number of sulfonamides is 1. The minimum absolute atomic E-state index is 0.232. The van der Waals surface area contributed by atoms with E-state index in [1.165, 1.54) is 21.9 Å². The molecular weight excluding hydrogens is 440 g/mol. The van der Waals surface area contributed by atoms with Crippen molar-refractivity contribution < 1.29 is 27.7 Å². The highest BCUT2D eigenvalue weighted by molar-refractivity contribution is 7.89. The van der Waals surface area contributed by atoms with Crippen LogP contribution >= 0.6 is 0 Å². The maximum Gasteiger partial charge on any atom is 0.321 e. The standard InChI is InChI=1S/C20H22N4O7S/c1-22(2)17-8-7-15(11-18(17)24(27)28)32(29,30)21-12-20(26)31-13-19(25)23-10-9-14-5-3-4-6-16(14)23/h3-8,11,21H,9-10,12-13H2,1-2H3. The Labute approximate surface area is 184 Å². The van der Waals surface area contributed by atoms with Gasteiger partial charge in [-0.15, -0.1) is 0 Å². The summed E-state index contributed by atoms with van der Waals surface area (Å²) in [5, 5.41) is 11.3. The fourth-order valence-electron chi connectivity index (χ4n) is 3.30. The Morgan fingerprint density at radius 2 is 1.94 bits per heavy atom. The van der Waals surface area contributed by atoms with Gasteiger partial charge >= 0.3 is 5.97 Å². The molecule has 11 nitrogen and oxygen atoms in total. The first-order valence-corrected chi connectivity index (χ1v) is 11.1. The van der Waals surface area contributed by atoms with Crippen LogP contribution in [0, 0.1) is 10.1 Å². The molecule has 32 heavy (non-hydrogen) atoms. The van der Waals surface area contributed by atoms with E-state index in [2.05, 4.69) is 0 Å². The quantitative estimate of drug-likeness (QED) is 0.349. The van der Waals surface area contributed by atoms with Crippen LogP contribution in [-0.4, -0.2) is 59.0 Å². The number of nitrogens with one attached hydrogen (secondary N) is 1. The first-order chi connectivity index (χ1) is 15.1. The zero-order valence-electron chi connectivity index (χ0n) is 17.5. The zero-order valence-corrected chi connectivity index (χ0v) is 18.3. The van der Waals surface area contributed by atoms with Crippen LogP contribution in [0.3, 0.4) is 0 Å². The van der Waals surface area contributed by atoms with Gasteiger partial charge < -0.3 is 14.5 Å². The molecule has 1 heterocycles. The Kier molecular flexibility index (Phi) is 6.75. The maximum absolute atomic E-state index is 12.4. The molecule has 3 rings (SSSR count). The third-order valence-electron chi connectivity index (χ3n) is 4.89. The lowest BCUT2D eigenvalue weighted by Crippen LogP contribution is -2.36. The number of fused-ring (bicyclic) bond motifs is 1. The molecule has 0 bridgehead atoms. The van der Waals surface area contributed by atoms with Gasteiger partial charge in [0, 0.05) is 32.4 Å². The molecule has 0 atom stereocenters. The second-order valence-electron chi connectivity index (χ2n) is 7.21. The molecule has 1 amide bonds. The monoisotopic (exact) mass is 462 g/mol. The summed E-state index contributed by atoms with van der Waals surface area (Å²) in [7, 11) is -1.04. The molecule has 0 aromatic heterocycles. The number of hydrogen-bond acceptors (Lipinski definition) is 8. The van der Waals surface area contributed by atoms with Gasteiger partial charge in [0.05, 0.1) is 9.82 Å². The van der Waals surface area contributed by atoms with Crippen molar-refractivity contribution in [2.45, 2.75) is 11.3 Å². The van der Waals surface area contributed by atoms with Gasteiger partial charge in [0.25, 0.3) is 11.6 Å². The van der Waals surface area contributed by atoms with Crippen LogP contribution in [0.25, 0.3) is 0 Å². The number of anilines is 2. The smallest absolute Gasteiger partial charge is 0.321 e. The Morgan fingerprint density at radius 1 is 1.22 bits per heavy atom. The summed E-state index contributed by atoms with van der Waals surface area (Å²) < 4.78 is 31.8. The molecule has 0 saturated carbocycles. The predicted octanol–water partition coefficient (Wildman–Crippen LogP) is 1.07. The number of hydrogen-bond donors (Lipinski definition) is 1. The van der Waals surface area contributed by atoms with Gasteiger partial charge in [0.1, 0.15) is 12.2 Å². The summed E-state index contributed by atoms with van der Waals surface area (Å²) in [6, 6.07) is 10.8. The van der Waals surface area contributed by atoms with Crippen LogP contribution in [0.15, 0.2) is 47.4 Å². The van der Waals surface area contributed by atoms with Crippen LogP contribution < -0.4 is 14.5 Å². The van der Waals surface area contributed by atoms with E-state index in [0.717, 1.165) is 17.3 Å². The molecule has 0 spiro atoms. The van der Waals surface area contributed by atoms with Crippen LogP contribution in [0.1, 0.15) is 5.56 Å². The number of carbonyl (C=O) groups is 2. The molecule has 0 radical (unpaired) electrons. The van der Waals surface area contributed by atoms with Crippen molar-refractivity contribution in [1.82, 2.24) is 4.72 Å². The van der Waals surface area contributed by atoms with E-state index in [4.69, 9.17) is 4.74 Å². The van der Waals surface area contributed by atoms with Crippen LogP contribution in [-0.2, 0) is 30.8 Å². The lowest BCUT2D eigenvalue weighted by molar-refractivity contribution is -0.384. The molecule has 0 saturated heterocycles. The van der Waals surface area contributed by atoms with Gasteiger partial charge in [-0.25, -0.2) is 8.42 Å². The predicted molar refractivity (Wildman–Crippen MR) is 116 cm³/mol. The van der Waals surface area contributed by atoms with Crippen LogP contribution in [0.2, 0.25) is 0 Å². The third kappa shape index (κ3) is 5.03. The zero-order chi connectivity index (χ0) is 23.5. The van der Waals surface area contributed by atoms with Crippen molar-refractivity contribution in [3.05, 3.63) is 58.1 Å². The molecule has 170 valence electrons. The SMILES string of the molecule is CN(C)c1ccc(S(=O)(=O)NCC(=O)OCC(=O)N2CCc3ccccc32)cc1[N+](=O)[O-]. The lowest BCUT2D eigenvalue weighted by atomic mass is 10.2. The average molecular weight is 462 g/mol. The summed E-state index contributed by atoms with van der Waals surface area (Å²) >= 11 is 0. The van der Waals surface area contributed by atoms with Gasteiger partial charge in [-0.1, -0.05) is 18.2 Å². The van der Waals surface area contributed by atoms with Gasteiger partial charge in [-0.3, -0.25) is 19.7 Å². The Morgan fingerprint density at radius 3 is 2.62 bits per heavy atom. The molecule has 0 unspecified atom stereocenters. The summed E-state index contributed by atoms with van der Waals surface area (Å²) in [5.41, 5.74) is 1.62. The second kappa shape index (κ2) is 9.32. The number of benzene rings is 2. The van der Waals surface area contributed by atoms with Crippen LogP contribution in [0.5, 0.6) is 0 Å². The summed E-state index contributed by atoms with van der Waals surface area (Å²) in [6.45, 7) is -0.780. The Hall–Kier alpha value is -3.51. The average Bonchev–Trinajstić information content (AvgIpc) is 3.20. The summed E-state index contributed by atoms with van der Waals surface area (Å²) in [5.74, 6) is -1.37. The van der Waals surface area contributed by atoms with Crippen molar-refractivity contribution >= 4 is 39.0 Å². The Bertz CT molecular complexity index is 1160. The van der Waals surface area contributed by atoms with E-state index in [1.807, 2.05) is 16.9 Å². The van der Waals surface area contributed by atoms with Gasteiger partial charge in [0.2, 0.25) is 10.0 Å². The van der Waals surface area contributed by atoms with Crippen molar-refractivity contribution in [3.8, 4) is 0 Å². The fourth-order valence-corrected chi connectivity index (χ4v) is 4.29. The highest BCUT2D eigenvalue weighted by Gasteiger charge is 2.26. The normalized spacial score (nSPS) is 12.9. The number of nitro groups is 1. The third-order valence-corrected chi connectivity index (χ3v) is 6.29. The minimum Gasteiger partial charge on any atom is -0.455 e. The van der Waals surface area contributed by atoms with Crippen LogP contribution in [0.4, 0.5) is 17.1 Å². The molecule has 1 aliphatic heterocycles. The number of amides is 1. The number of ether oxygens (including phenoxy) is 1. The van der Waals surface area contributed by atoms with Crippen molar-refractivity contribution in [1.29, 1.82) is 0 Å². The van der Waals surface area contributed by atoms with E-state index < -0.39 is 45.7 Å². The largest absolute Gasteiger partial charge is 0.455 e. The molecule has 0 fully saturated rings. The first kappa shape index (κ1) is 23.2. The van der Waals surface area contributed by atoms with E-state index in [0.29, 0.717) is 13.0 Å². The van der Waals surface area contributed by atoms with E-state index in [1.54, 1.807) is 26.2 Å². The second-order valence-corrected chi connectivity index (χ2v) is 8.98. The number of para-hydroxylation sites is 1. The number of rotatable bonds is 8. The van der Waals surface area contributed by atoms with Gasteiger partial charge in [-0.05, 0) is 30.2 Å². The van der Waals surface area contributed by atoms with E-state index >= 15 is 0 Å². The van der Waals surface area contributed by atoms with Gasteiger partial charge in [0.15, 0.2) is 6.61 Å². The number of esters is 1. The highest BCUT2D eigenvalue weighted by Crippen LogP contribution is 2.29. The molecular formula is C20H22N4O7S. The van der Waals surface area contributed by atoms with Crippen molar-refractivity contribution in [2.75, 3.05) is 43.6 Å². The minimum atomic E-state index is -4.22. The Balaban J connectivity index is 1.58. The van der Waals surface area contributed by atoms with Crippen molar-refractivity contribution in [2.24, 2.45) is 0 Å². The fraction of sp³-hybridized carbons (Fsp3) is 0.300. The molecule has 0 aliphatic carbocycles. The van der Waals surface area contributed by atoms with Gasteiger partial charge in [-0.2, -0.15) is 4.72 Å². The number of nitro benzene ring substituents is 1. The summed E-state index contributed by atoms with van der Waals surface area (Å²) in [4.78, 5) is 37.5. The lowest BCUT2D eigenvalue weighted by Gasteiger charge is -2.17. The molecule has 1 aliphatic rings. The highest BCUT2D eigenvalue weighted by atomic mass is 32.2. The molecule has 2 aromatic rings. The van der Waals surface area contributed by atoms with E-state index in [9.17, 15) is 28.1 Å². The molecule has 1 N–H and O–H groups in total. The number of nitrogens with zero attached hydrogens (tertiary/aromatic N) is 3. The van der Waals surface area contributed by atoms with E-state index in [-0.39, 0.29) is 10.6 Å². The van der Waals surface area contributed by atoms with Crippen molar-refractivity contribution in [3.63, 3.8) is 0 Å². The number of carbonyl (C=O) groups excluding carboxylic acids is 2. The maximum atomic E-state index is 12.4. The molecule has 12 heteroatoms. The topological polar surface area (TPSA) is 139 Å². The summed E-state index contributed by atoms with van der Waals surface area (Å²) in [6.07, 6.45) is 0.703. The molecule has 2 aromatic carbocycles. The first-order valence-electron chi connectivity index (χ1n) is 9.59.